The van der Waals surface area contributed by atoms with E-state index in [1.807, 2.05) is 13.8 Å². The molecule has 0 saturated carbocycles. The standard InChI is InChI=1S/C14H28N4O3/c1-5-7-14(8-6-2,10(15)18-21)12(20)17-9-13(3,4)11(16)19/h21H,5-9H2,1-4H3,(H2,15,18)(H2,16,19)(H,17,20). The molecule has 0 heterocycles. The normalized spacial score (nSPS) is 13.0. The summed E-state index contributed by atoms with van der Waals surface area (Å²) in [6, 6.07) is 0. The summed E-state index contributed by atoms with van der Waals surface area (Å²) in [5, 5.41) is 14.8. The fraction of sp³-hybridized carbons (Fsp3) is 0.786. The first-order chi connectivity index (χ1) is 9.67. The van der Waals surface area contributed by atoms with Crippen molar-refractivity contribution in [1.82, 2.24) is 5.32 Å². The van der Waals surface area contributed by atoms with Crippen LogP contribution in [-0.2, 0) is 9.59 Å². The molecule has 0 aliphatic carbocycles. The van der Waals surface area contributed by atoms with Crippen LogP contribution in [0.15, 0.2) is 5.16 Å². The Bertz CT molecular complexity index is 399. The van der Waals surface area contributed by atoms with Gasteiger partial charge in [-0.2, -0.15) is 0 Å². The SMILES string of the molecule is CCCC(CCC)(C(=O)NCC(C)(C)C(N)=O)C(N)=NO. The van der Waals surface area contributed by atoms with Gasteiger partial charge in [-0.05, 0) is 26.7 Å². The summed E-state index contributed by atoms with van der Waals surface area (Å²) in [5.74, 6) is -0.931. The van der Waals surface area contributed by atoms with Gasteiger partial charge in [0.2, 0.25) is 11.8 Å². The minimum absolute atomic E-state index is 0.0967. The van der Waals surface area contributed by atoms with Gasteiger partial charge >= 0.3 is 0 Å². The van der Waals surface area contributed by atoms with Crippen molar-refractivity contribution in [1.29, 1.82) is 0 Å². The average Bonchev–Trinajstić information content (AvgIpc) is 2.43. The highest BCUT2D eigenvalue weighted by Gasteiger charge is 2.42. The van der Waals surface area contributed by atoms with E-state index >= 15 is 0 Å². The number of primary amides is 1. The van der Waals surface area contributed by atoms with E-state index in [1.54, 1.807) is 13.8 Å². The number of carbonyl (C=O) groups is 2. The molecule has 7 nitrogen and oxygen atoms in total. The number of rotatable bonds is 9. The van der Waals surface area contributed by atoms with E-state index in [-0.39, 0.29) is 18.3 Å². The van der Waals surface area contributed by atoms with Gasteiger partial charge < -0.3 is 22.0 Å². The Balaban J connectivity index is 5.25. The minimum Gasteiger partial charge on any atom is -0.409 e. The van der Waals surface area contributed by atoms with Crippen LogP contribution in [0.5, 0.6) is 0 Å². The molecule has 7 heteroatoms. The molecule has 0 saturated heterocycles. The Kier molecular flexibility index (Phi) is 7.18. The molecule has 0 unspecified atom stereocenters. The van der Waals surface area contributed by atoms with Crippen LogP contribution in [-0.4, -0.2) is 29.4 Å². The predicted octanol–water partition coefficient (Wildman–Crippen LogP) is 0.947. The third-order valence-corrected chi connectivity index (χ3v) is 3.74. The van der Waals surface area contributed by atoms with Crippen LogP contribution in [0.1, 0.15) is 53.4 Å². The largest absolute Gasteiger partial charge is 0.409 e. The van der Waals surface area contributed by atoms with Crippen molar-refractivity contribution in [3.63, 3.8) is 0 Å². The second kappa shape index (κ2) is 7.85. The summed E-state index contributed by atoms with van der Waals surface area (Å²) in [4.78, 5) is 23.9. The Labute approximate surface area is 126 Å². The van der Waals surface area contributed by atoms with Crippen LogP contribution in [0.2, 0.25) is 0 Å². The summed E-state index contributed by atoms with van der Waals surface area (Å²) >= 11 is 0. The summed E-state index contributed by atoms with van der Waals surface area (Å²) in [5.41, 5.74) is 9.16. The Morgan fingerprint density at radius 1 is 1.14 bits per heavy atom. The molecular weight excluding hydrogens is 272 g/mol. The maximum atomic E-state index is 12.6. The average molecular weight is 300 g/mol. The maximum Gasteiger partial charge on any atom is 0.233 e. The molecule has 0 aliphatic rings. The maximum absolute atomic E-state index is 12.6. The molecule has 0 aromatic carbocycles. The van der Waals surface area contributed by atoms with E-state index < -0.39 is 16.7 Å². The highest BCUT2D eigenvalue weighted by molar-refractivity contribution is 6.06. The van der Waals surface area contributed by atoms with Gasteiger partial charge in [-0.1, -0.05) is 31.8 Å². The summed E-state index contributed by atoms with van der Waals surface area (Å²) < 4.78 is 0. The quantitative estimate of drug-likeness (QED) is 0.218. The van der Waals surface area contributed by atoms with Gasteiger partial charge in [0.05, 0.1) is 5.41 Å². The minimum atomic E-state index is -1.05. The Morgan fingerprint density at radius 3 is 1.95 bits per heavy atom. The van der Waals surface area contributed by atoms with E-state index in [0.717, 1.165) is 0 Å². The Hall–Kier alpha value is -1.79. The third kappa shape index (κ3) is 4.61. The number of nitrogens with two attached hydrogens (primary N) is 2. The number of carbonyl (C=O) groups excluding carboxylic acids is 2. The number of amides is 2. The predicted molar refractivity (Wildman–Crippen MR) is 81.6 cm³/mol. The zero-order valence-electron chi connectivity index (χ0n) is 13.4. The van der Waals surface area contributed by atoms with Gasteiger partial charge in [-0.25, -0.2) is 0 Å². The molecule has 0 aromatic rings. The first-order valence-electron chi connectivity index (χ1n) is 7.24. The third-order valence-electron chi connectivity index (χ3n) is 3.74. The van der Waals surface area contributed by atoms with Crippen molar-refractivity contribution >= 4 is 17.6 Å². The van der Waals surface area contributed by atoms with Crippen LogP contribution >= 0.6 is 0 Å². The Morgan fingerprint density at radius 2 is 1.62 bits per heavy atom. The van der Waals surface area contributed by atoms with Crippen molar-refractivity contribution in [2.75, 3.05) is 6.54 Å². The lowest BCUT2D eigenvalue weighted by atomic mass is 9.77. The number of hydrogen-bond donors (Lipinski definition) is 4. The first-order valence-corrected chi connectivity index (χ1v) is 7.24. The zero-order chi connectivity index (χ0) is 16.7. The van der Waals surface area contributed by atoms with E-state index in [0.29, 0.717) is 25.7 Å². The first kappa shape index (κ1) is 19.2. The highest BCUT2D eigenvalue weighted by Crippen LogP contribution is 2.31. The molecule has 0 atom stereocenters. The van der Waals surface area contributed by atoms with Crippen molar-refractivity contribution in [2.45, 2.75) is 53.4 Å². The van der Waals surface area contributed by atoms with Crippen LogP contribution in [0.25, 0.3) is 0 Å². The van der Waals surface area contributed by atoms with Crippen molar-refractivity contribution in [3.8, 4) is 0 Å². The number of nitrogens with zero attached hydrogens (tertiary/aromatic N) is 1. The van der Waals surface area contributed by atoms with Crippen LogP contribution in [0, 0.1) is 10.8 Å². The molecule has 0 aromatic heterocycles. The van der Waals surface area contributed by atoms with Crippen molar-refractivity contribution < 1.29 is 14.8 Å². The molecular formula is C14H28N4O3. The van der Waals surface area contributed by atoms with Gasteiger partial charge in [0.1, 0.15) is 5.41 Å². The fourth-order valence-electron chi connectivity index (χ4n) is 2.23. The van der Waals surface area contributed by atoms with Crippen LogP contribution in [0.3, 0.4) is 0 Å². The van der Waals surface area contributed by atoms with Crippen LogP contribution in [0.4, 0.5) is 0 Å². The van der Waals surface area contributed by atoms with Crippen LogP contribution < -0.4 is 16.8 Å². The smallest absolute Gasteiger partial charge is 0.233 e. The zero-order valence-corrected chi connectivity index (χ0v) is 13.4. The van der Waals surface area contributed by atoms with Gasteiger partial charge in [-0.3, -0.25) is 9.59 Å². The molecule has 0 radical (unpaired) electrons. The number of oxime groups is 1. The molecule has 0 aliphatic heterocycles. The van der Waals surface area contributed by atoms with Gasteiger partial charge in [0, 0.05) is 6.54 Å². The topological polar surface area (TPSA) is 131 Å². The lowest BCUT2D eigenvalue weighted by Gasteiger charge is -2.32. The second-order valence-electron chi connectivity index (χ2n) is 6.00. The summed E-state index contributed by atoms with van der Waals surface area (Å²) in [6.45, 7) is 7.27. The number of hydrogen-bond acceptors (Lipinski definition) is 4. The van der Waals surface area contributed by atoms with Crippen molar-refractivity contribution in [3.05, 3.63) is 0 Å². The van der Waals surface area contributed by atoms with E-state index in [1.165, 1.54) is 0 Å². The fourth-order valence-corrected chi connectivity index (χ4v) is 2.23. The van der Waals surface area contributed by atoms with E-state index in [9.17, 15) is 9.59 Å². The number of amidine groups is 1. The molecule has 21 heavy (non-hydrogen) atoms. The molecule has 122 valence electrons. The molecule has 0 rings (SSSR count). The number of nitrogens with one attached hydrogen (secondary N) is 1. The van der Waals surface area contributed by atoms with E-state index in [4.69, 9.17) is 16.7 Å². The van der Waals surface area contributed by atoms with Gasteiger partial charge in [0.25, 0.3) is 0 Å². The molecule has 2 amide bonds. The molecule has 0 bridgehead atoms. The molecule has 0 fully saturated rings. The second-order valence-corrected chi connectivity index (χ2v) is 6.00. The van der Waals surface area contributed by atoms with Gasteiger partial charge in [0.15, 0.2) is 5.84 Å². The van der Waals surface area contributed by atoms with E-state index in [2.05, 4.69) is 10.5 Å². The summed E-state index contributed by atoms with van der Waals surface area (Å²) in [6.07, 6.45) is 2.37. The molecule has 6 N–H and O–H groups in total. The monoisotopic (exact) mass is 300 g/mol. The lowest BCUT2D eigenvalue weighted by Crippen LogP contribution is -2.52. The lowest BCUT2D eigenvalue weighted by molar-refractivity contribution is -0.130. The van der Waals surface area contributed by atoms with Gasteiger partial charge in [-0.15, -0.1) is 0 Å². The highest BCUT2D eigenvalue weighted by atomic mass is 16.4. The van der Waals surface area contributed by atoms with Crippen molar-refractivity contribution in [2.24, 2.45) is 27.5 Å². The molecule has 0 spiro atoms. The summed E-state index contributed by atoms with van der Waals surface area (Å²) in [7, 11) is 0.